The van der Waals surface area contributed by atoms with Crippen LogP contribution >= 0.6 is 11.3 Å². The molecule has 0 spiro atoms. The molecule has 0 aliphatic carbocycles. The predicted molar refractivity (Wildman–Crippen MR) is 76.1 cm³/mol. The maximum atomic E-state index is 5.33. The van der Waals surface area contributed by atoms with E-state index < -0.39 is 0 Å². The second kappa shape index (κ2) is 4.50. The third kappa shape index (κ3) is 1.81. The molecule has 0 saturated carbocycles. The Labute approximate surface area is 111 Å². The van der Waals surface area contributed by atoms with Gasteiger partial charge in [-0.1, -0.05) is 6.07 Å². The minimum absolute atomic E-state index is 0.228. The van der Waals surface area contributed by atoms with Crippen LogP contribution < -0.4 is 10.1 Å². The van der Waals surface area contributed by atoms with E-state index in [0.717, 1.165) is 5.75 Å². The highest BCUT2D eigenvalue weighted by molar-refractivity contribution is 7.10. The number of rotatable bonds is 2. The minimum Gasteiger partial charge on any atom is -0.497 e. The monoisotopic (exact) mass is 257 g/mol. The molecule has 2 aromatic rings. The van der Waals surface area contributed by atoms with Crippen molar-refractivity contribution >= 4 is 17.4 Å². The van der Waals surface area contributed by atoms with Gasteiger partial charge in [0.15, 0.2) is 0 Å². The summed E-state index contributed by atoms with van der Waals surface area (Å²) >= 11 is 1.79. The Bertz CT molecular complexity index is 600. The fourth-order valence-corrected chi connectivity index (χ4v) is 3.10. The molecular formula is C15H15NOS. The largest absolute Gasteiger partial charge is 0.497 e. The Morgan fingerprint density at radius 1 is 1.22 bits per heavy atom. The molecule has 1 aromatic carbocycles. The number of hydrogen-bond acceptors (Lipinski definition) is 3. The first-order chi connectivity index (χ1) is 8.79. The van der Waals surface area contributed by atoms with Crippen LogP contribution in [0, 0.1) is 6.92 Å². The van der Waals surface area contributed by atoms with Gasteiger partial charge in [0.25, 0.3) is 0 Å². The molecule has 1 aromatic heterocycles. The highest BCUT2D eigenvalue weighted by atomic mass is 32.1. The lowest BCUT2D eigenvalue weighted by Gasteiger charge is -2.24. The summed E-state index contributed by atoms with van der Waals surface area (Å²) in [7, 11) is 1.71. The van der Waals surface area contributed by atoms with Crippen LogP contribution in [0.1, 0.15) is 27.6 Å². The third-order valence-corrected chi connectivity index (χ3v) is 4.20. The zero-order chi connectivity index (χ0) is 12.5. The molecule has 2 heterocycles. The molecule has 0 unspecified atom stereocenters. The van der Waals surface area contributed by atoms with Crippen LogP contribution in [-0.2, 0) is 0 Å². The second-order valence-corrected chi connectivity index (χ2v) is 5.48. The molecule has 1 aliphatic heterocycles. The molecule has 3 rings (SSSR count). The molecule has 0 radical (unpaired) electrons. The van der Waals surface area contributed by atoms with Crippen LogP contribution in [-0.4, -0.2) is 7.11 Å². The van der Waals surface area contributed by atoms with Crippen molar-refractivity contribution in [3.05, 3.63) is 57.4 Å². The van der Waals surface area contributed by atoms with E-state index in [4.69, 9.17) is 4.74 Å². The van der Waals surface area contributed by atoms with Gasteiger partial charge in [-0.25, -0.2) is 0 Å². The molecule has 18 heavy (non-hydrogen) atoms. The van der Waals surface area contributed by atoms with E-state index in [1.165, 1.54) is 21.6 Å². The van der Waals surface area contributed by atoms with Gasteiger partial charge in [0.05, 0.1) is 13.2 Å². The van der Waals surface area contributed by atoms with Crippen molar-refractivity contribution in [2.24, 2.45) is 0 Å². The molecule has 0 bridgehead atoms. The number of hydrogen-bond donors (Lipinski definition) is 1. The molecule has 2 nitrogen and oxygen atoms in total. The number of fused-ring (bicyclic) bond motifs is 1. The lowest BCUT2D eigenvalue weighted by Crippen LogP contribution is -2.20. The smallest absolute Gasteiger partial charge is 0.119 e. The average molecular weight is 257 g/mol. The number of thiophene rings is 1. The molecule has 0 fully saturated rings. The van der Waals surface area contributed by atoms with E-state index in [1.807, 2.05) is 12.3 Å². The highest BCUT2D eigenvalue weighted by Crippen LogP contribution is 2.34. The van der Waals surface area contributed by atoms with Crippen molar-refractivity contribution in [1.29, 1.82) is 0 Å². The van der Waals surface area contributed by atoms with Crippen molar-refractivity contribution in [2.45, 2.75) is 13.0 Å². The normalized spacial score (nSPS) is 17.1. The molecule has 1 N–H and O–H groups in total. The van der Waals surface area contributed by atoms with Crippen LogP contribution in [0.25, 0.3) is 6.08 Å². The maximum absolute atomic E-state index is 5.33. The summed E-state index contributed by atoms with van der Waals surface area (Å²) in [5.74, 6) is 0.906. The highest BCUT2D eigenvalue weighted by Gasteiger charge is 2.21. The first kappa shape index (κ1) is 11.4. The quantitative estimate of drug-likeness (QED) is 0.885. The number of nitrogens with one attached hydrogen (secondary N) is 1. The van der Waals surface area contributed by atoms with Crippen molar-refractivity contribution < 1.29 is 4.74 Å². The van der Waals surface area contributed by atoms with Gasteiger partial charge in [-0.15, -0.1) is 11.3 Å². The zero-order valence-corrected chi connectivity index (χ0v) is 11.3. The zero-order valence-electron chi connectivity index (χ0n) is 10.4. The van der Waals surface area contributed by atoms with Crippen LogP contribution in [0.3, 0.4) is 0 Å². The Balaban J connectivity index is 2.11. The Kier molecular flexibility index (Phi) is 2.84. The van der Waals surface area contributed by atoms with Crippen LogP contribution in [0.5, 0.6) is 5.75 Å². The SMILES string of the molecule is COc1ccc2c(c1)[C@H](c1ccsc1C)NC=C2. The average Bonchev–Trinajstić information content (AvgIpc) is 2.83. The van der Waals surface area contributed by atoms with Gasteiger partial charge >= 0.3 is 0 Å². The standard InChI is InChI=1S/C15H15NOS/c1-10-13(6-8-18-10)15-14-9-12(17-2)4-3-11(14)5-7-16-15/h3-9,15-16H,1-2H3/t15-/m0/s1. The fraction of sp³-hybridized carbons (Fsp3) is 0.200. The molecule has 92 valence electrons. The van der Waals surface area contributed by atoms with Gasteiger partial charge < -0.3 is 10.1 Å². The number of methoxy groups -OCH3 is 1. The molecular weight excluding hydrogens is 242 g/mol. The predicted octanol–water partition coefficient (Wildman–Crippen LogP) is 3.73. The van der Waals surface area contributed by atoms with Crippen LogP contribution in [0.15, 0.2) is 35.8 Å². The van der Waals surface area contributed by atoms with E-state index in [0.29, 0.717) is 0 Å². The number of ether oxygens (including phenoxy) is 1. The van der Waals surface area contributed by atoms with Crippen molar-refractivity contribution in [3.63, 3.8) is 0 Å². The van der Waals surface area contributed by atoms with Crippen molar-refractivity contribution in [3.8, 4) is 5.75 Å². The van der Waals surface area contributed by atoms with E-state index in [1.54, 1.807) is 18.4 Å². The topological polar surface area (TPSA) is 21.3 Å². The summed E-state index contributed by atoms with van der Waals surface area (Å²) in [5, 5.41) is 5.58. The number of benzene rings is 1. The van der Waals surface area contributed by atoms with Crippen LogP contribution in [0.2, 0.25) is 0 Å². The van der Waals surface area contributed by atoms with Gasteiger partial charge in [0, 0.05) is 4.88 Å². The molecule has 3 heteroatoms. The second-order valence-electron chi connectivity index (χ2n) is 4.36. The van der Waals surface area contributed by atoms with Gasteiger partial charge in [0.2, 0.25) is 0 Å². The summed E-state index contributed by atoms with van der Waals surface area (Å²) in [5.41, 5.74) is 3.88. The van der Waals surface area contributed by atoms with Crippen molar-refractivity contribution in [1.82, 2.24) is 5.32 Å². The van der Waals surface area contributed by atoms with Crippen molar-refractivity contribution in [2.75, 3.05) is 7.11 Å². The minimum atomic E-state index is 0.228. The van der Waals surface area contributed by atoms with Crippen LogP contribution in [0.4, 0.5) is 0 Å². The van der Waals surface area contributed by atoms with Gasteiger partial charge in [0.1, 0.15) is 5.75 Å². The first-order valence-electron chi connectivity index (χ1n) is 5.94. The Morgan fingerprint density at radius 3 is 2.83 bits per heavy atom. The lowest BCUT2D eigenvalue weighted by molar-refractivity contribution is 0.413. The van der Waals surface area contributed by atoms with Gasteiger partial charge in [-0.05, 0) is 59.5 Å². The summed E-state index contributed by atoms with van der Waals surface area (Å²) in [4.78, 5) is 1.36. The summed E-state index contributed by atoms with van der Waals surface area (Å²) in [6.45, 7) is 2.17. The lowest BCUT2D eigenvalue weighted by atomic mass is 9.92. The van der Waals surface area contributed by atoms with Gasteiger partial charge in [-0.2, -0.15) is 0 Å². The van der Waals surface area contributed by atoms with E-state index in [2.05, 4.69) is 41.9 Å². The van der Waals surface area contributed by atoms with E-state index in [-0.39, 0.29) is 6.04 Å². The Morgan fingerprint density at radius 2 is 2.11 bits per heavy atom. The molecule has 0 saturated heterocycles. The summed E-state index contributed by atoms with van der Waals surface area (Å²) in [6, 6.07) is 8.66. The summed E-state index contributed by atoms with van der Waals surface area (Å²) in [6.07, 6.45) is 4.13. The maximum Gasteiger partial charge on any atom is 0.119 e. The number of aryl methyl sites for hydroxylation is 1. The molecule has 1 atom stereocenters. The molecule has 1 aliphatic rings. The third-order valence-electron chi connectivity index (χ3n) is 3.34. The first-order valence-corrected chi connectivity index (χ1v) is 6.82. The van der Waals surface area contributed by atoms with E-state index >= 15 is 0 Å². The fourth-order valence-electron chi connectivity index (χ4n) is 2.36. The van der Waals surface area contributed by atoms with Gasteiger partial charge in [-0.3, -0.25) is 0 Å². The Hall–Kier alpha value is -1.74. The molecule has 0 amide bonds. The summed E-state index contributed by atoms with van der Waals surface area (Å²) < 4.78 is 5.33. The van der Waals surface area contributed by atoms with E-state index in [9.17, 15) is 0 Å².